The summed E-state index contributed by atoms with van der Waals surface area (Å²) in [6.45, 7) is 0.294. The second-order valence-electron chi connectivity index (χ2n) is 4.10. The van der Waals surface area contributed by atoms with E-state index in [1.807, 2.05) is 0 Å². The topological polar surface area (TPSA) is 74.3 Å². The molecule has 0 radical (unpaired) electrons. The van der Waals surface area contributed by atoms with Gasteiger partial charge in [0.25, 0.3) is 5.56 Å². The van der Waals surface area contributed by atoms with Crippen LogP contribution in [0.4, 0.5) is 10.1 Å². The Hall–Kier alpha value is -2.63. The highest BCUT2D eigenvalue weighted by Gasteiger charge is 2.09. The van der Waals surface area contributed by atoms with E-state index in [1.165, 1.54) is 22.8 Å². The zero-order chi connectivity index (χ0) is 14.5. The SMILES string of the molecule is Nc1cc(C(=O)OCCn2ccccc2=O)ccc1F. The molecule has 1 heterocycles. The molecule has 20 heavy (non-hydrogen) atoms. The first kappa shape index (κ1) is 13.8. The van der Waals surface area contributed by atoms with Crippen LogP contribution in [0.15, 0.2) is 47.4 Å². The minimum Gasteiger partial charge on any atom is -0.460 e. The summed E-state index contributed by atoms with van der Waals surface area (Å²) in [6.07, 6.45) is 1.60. The van der Waals surface area contributed by atoms with Crippen LogP contribution in [0, 0.1) is 5.82 Å². The van der Waals surface area contributed by atoms with Crippen LogP contribution in [0.5, 0.6) is 0 Å². The number of pyridine rings is 1. The molecule has 0 saturated carbocycles. The van der Waals surface area contributed by atoms with Crippen molar-refractivity contribution in [2.45, 2.75) is 6.54 Å². The van der Waals surface area contributed by atoms with Crippen molar-refractivity contribution in [2.75, 3.05) is 12.3 Å². The van der Waals surface area contributed by atoms with E-state index in [9.17, 15) is 14.0 Å². The quantitative estimate of drug-likeness (QED) is 0.677. The molecule has 0 fully saturated rings. The van der Waals surface area contributed by atoms with Crippen molar-refractivity contribution in [1.29, 1.82) is 0 Å². The molecule has 5 nitrogen and oxygen atoms in total. The zero-order valence-electron chi connectivity index (χ0n) is 10.6. The average Bonchev–Trinajstić information content (AvgIpc) is 2.44. The number of rotatable bonds is 4. The van der Waals surface area contributed by atoms with Crippen molar-refractivity contribution in [3.8, 4) is 0 Å². The molecule has 0 aliphatic carbocycles. The lowest BCUT2D eigenvalue weighted by molar-refractivity contribution is 0.0490. The standard InChI is InChI=1S/C14H13FN2O3/c15-11-5-4-10(9-12(11)16)14(19)20-8-7-17-6-2-1-3-13(17)18/h1-6,9H,7-8,16H2. The molecule has 0 saturated heterocycles. The van der Waals surface area contributed by atoms with Crippen molar-refractivity contribution >= 4 is 11.7 Å². The van der Waals surface area contributed by atoms with Crippen LogP contribution in [-0.4, -0.2) is 17.1 Å². The number of hydrogen-bond acceptors (Lipinski definition) is 4. The van der Waals surface area contributed by atoms with E-state index in [-0.39, 0.29) is 30.0 Å². The predicted molar refractivity (Wildman–Crippen MR) is 71.8 cm³/mol. The van der Waals surface area contributed by atoms with E-state index < -0.39 is 11.8 Å². The summed E-state index contributed by atoms with van der Waals surface area (Å²) in [4.78, 5) is 23.1. The molecule has 0 aliphatic rings. The molecule has 104 valence electrons. The van der Waals surface area contributed by atoms with E-state index in [0.717, 1.165) is 6.07 Å². The van der Waals surface area contributed by atoms with Gasteiger partial charge in [0.15, 0.2) is 0 Å². The molecule has 6 heteroatoms. The number of hydrogen-bond donors (Lipinski definition) is 1. The Kier molecular flexibility index (Phi) is 4.14. The van der Waals surface area contributed by atoms with Crippen LogP contribution in [0.1, 0.15) is 10.4 Å². The number of ether oxygens (including phenoxy) is 1. The lowest BCUT2D eigenvalue weighted by Crippen LogP contribution is -2.21. The van der Waals surface area contributed by atoms with Gasteiger partial charge < -0.3 is 15.0 Å². The first-order chi connectivity index (χ1) is 9.58. The number of carbonyl (C=O) groups excluding carboxylic acids is 1. The molecule has 2 N–H and O–H groups in total. The highest BCUT2D eigenvalue weighted by atomic mass is 19.1. The van der Waals surface area contributed by atoms with Crippen molar-refractivity contribution in [3.63, 3.8) is 0 Å². The number of anilines is 1. The van der Waals surface area contributed by atoms with Crippen LogP contribution in [0.25, 0.3) is 0 Å². The van der Waals surface area contributed by atoms with Crippen molar-refractivity contribution < 1.29 is 13.9 Å². The monoisotopic (exact) mass is 276 g/mol. The Morgan fingerprint density at radius 3 is 2.80 bits per heavy atom. The smallest absolute Gasteiger partial charge is 0.338 e. The first-order valence-corrected chi connectivity index (χ1v) is 5.95. The molecule has 1 aromatic heterocycles. The lowest BCUT2D eigenvalue weighted by Gasteiger charge is -2.07. The number of nitrogen functional groups attached to an aromatic ring is 1. The van der Waals surface area contributed by atoms with Crippen molar-refractivity contribution in [2.24, 2.45) is 0 Å². The Morgan fingerprint density at radius 2 is 2.10 bits per heavy atom. The summed E-state index contributed by atoms with van der Waals surface area (Å²) in [5.74, 6) is -1.20. The summed E-state index contributed by atoms with van der Waals surface area (Å²) in [7, 11) is 0. The minimum atomic E-state index is -0.610. The van der Waals surface area contributed by atoms with Gasteiger partial charge in [0.2, 0.25) is 0 Å². The average molecular weight is 276 g/mol. The van der Waals surface area contributed by atoms with E-state index in [0.29, 0.717) is 0 Å². The number of esters is 1. The zero-order valence-corrected chi connectivity index (χ0v) is 10.6. The lowest BCUT2D eigenvalue weighted by atomic mass is 10.2. The van der Waals surface area contributed by atoms with Gasteiger partial charge in [-0.3, -0.25) is 4.79 Å². The number of nitrogens with zero attached hydrogens (tertiary/aromatic N) is 1. The minimum absolute atomic E-state index is 0.0417. The van der Waals surface area contributed by atoms with E-state index in [4.69, 9.17) is 10.5 Å². The number of aromatic nitrogens is 1. The van der Waals surface area contributed by atoms with Gasteiger partial charge in [-0.05, 0) is 24.3 Å². The second-order valence-corrected chi connectivity index (χ2v) is 4.10. The third kappa shape index (κ3) is 3.23. The Bertz CT molecular complexity index is 682. The van der Waals surface area contributed by atoms with Crippen molar-refractivity contribution in [1.82, 2.24) is 4.57 Å². The molecule has 2 aromatic rings. The molecule has 0 bridgehead atoms. The van der Waals surface area contributed by atoms with Crippen LogP contribution in [0.3, 0.4) is 0 Å². The molecule has 2 rings (SSSR count). The van der Waals surface area contributed by atoms with Crippen molar-refractivity contribution in [3.05, 3.63) is 64.3 Å². The van der Waals surface area contributed by atoms with Gasteiger partial charge in [0.05, 0.1) is 17.8 Å². The maximum absolute atomic E-state index is 13.0. The molecule has 0 aliphatic heterocycles. The first-order valence-electron chi connectivity index (χ1n) is 5.95. The normalized spacial score (nSPS) is 10.2. The number of carbonyl (C=O) groups is 1. The number of nitrogens with two attached hydrogens (primary N) is 1. The molecule has 0 unspecified atom stereocenters. The van der Waals surface area contributed by atoms with Gasteiger partial charge in [-0.1, -0.05) is 6.07 Å². The third-order valence-electron chi connectivity index (χ3n) is 2.70. The van der Waals surface area contributed by atoms with Crippen LogP contribution in [0.2, 0.25) is 0 Å². The fourth-order valence-electron chi connectivity index (χ4n) is 1.64. The summed E-state index contributed by atoms with van der Waals surface area (Å²) < 4.78 is 19.4. The molecule has 0 spiro atoms. The summed E-state index contributed by atoms with van der Waals surface area (Å²) in [5.41, 5.74) is 5.26. The molecule has 0 amide bonds. The molecular formula is C14H13FN2O3. The number of benzene rings is 1. The summed E-state index contributed by atoms with van der Waals surface area (Å²) in [5, 5.41) is 0. The highest BCUT2D eigenvalue weighted by molar-refractivity contribution is 5.90. The summed E-state index contributed by atoms with van der Waals surface area (Å²) >= 11 is 0. The summed E-state index contributed by atoms with van der Waals surface area (Å²) in [6, 6.07) is 8.38. The largest absolute Gasteiger partial charge is 0.460 e. The van der Waals surface area contributed by atoms with Gasteiger partial charge in [-0.2, -0.15) is 0 Å². The Morgan fingerprint density at radius 1 is 1.30 bits per heavy atom. The Labute approximate surface area is 114 Å². The van der Waals surface area contributed by atoms with Gasteiger partial charge in [0, 0.05) is 12.3 Å². The van der Waals surface area contributed by atoms with Crippen LogP contribution in [-0.2, 0) is 11.3 Å². The van der Waals surface area contributed by atoms with Gasteiger partial charge >= 0.3 is 5.97 Å². The van der Waals surface area contributed by atoms with E-state index in [1.54, 1.807) is 18.3 Å². The predicted octanol–water partition coefficient (Wildman–Crippen LogP) is 1.43. The fourth-order valence-corrected chi connectivity index (χ4v) is 1.64. The maximum Gasteiger partial charge on any atom is 0.338 e. The van der Waals surface area contributed by atoms with Gasteiger partial charge in [0.1, 0.15) is 12.4 Å². The third-order valence-corrected chi connectivity index (χ3v) is 2.70. The molecular weight excluding hydrogens is 263 g/mol. The van der Waals surface area contributed by atoms with Crippen LogP contribution < -0.4 is 11.3 Å². The number of halogens is 1. The maximum atomic E-state index is 13.0. The Balaban J connectivity index is 1.94. The van der Waals surface area contributed by atoms with E-state index >= 15 is 0 Å². The van der Waals surface area contributed by atoms with Gasteiger partial charge in [-0.25, -0.2) is 9.18 Å². The second kappa shape index (κ2) is 6.01. The van der Waals surface area contributed by atoms with E-state index in [2.05, 4.69) is 0 Å². The van der Waals surface area contributed by atoms with Crippen LogP contribution >= 0.6 is 0 Å². The van der Waals surface area contributed by atoms with Gasteiger partial charge in [-0.15, -0.1) is 0 Å². The highest BCUT2D eigenvalue weighted by Crippen LogP contribution is 2.13. The fraction of sp³-hybridized carbons (Fsp3) is 0.143. The molecule has 0 atom stereocenters. The molecule has 1 aromatic carbocycles.